The number of hydrogen-bond acceptors (Lipinski definition) is 6. The molecule has 140 valence electrons. The van der Waals surface area contributed by atoms with E-state index in [0.29, 0.717) is 28.7 Å². The maximum absolute atomic E-state index is 5.47. The van der Waals surface area contributed by atoms with Crippen LogP contribution in [0.1, 0.15) is 12.5 Å². The van der Waals surface area contributed by atoms with E-state index in [0.717, 1.165) is 16.9 Å². The molecule has 0 amide bonds. The fraction of sp³-hybridized carbons (Fsp3) is 0.211. The normalized spacial score (nSPS) is 10.9. The van der Waals surface area contributed by atoms with Crippen LogP contribution in [0.2, 0.25) is 0 Å². The number of aromatic nitrogens is 3. The van der Waals surface area contributed by atoms with Crippen LogP contribution < -0.4 is 14.2 Å². The molecule has 27 heavy (non-hydrogen) atoms. The Hall–Kier alpha value is -3.13. The molecule has 3 aromatic rings. The Balaban J connectivity index is 1.91. The lowest BCUT2D eigenvalue weighted by atomic mass is 10.2. The average Bonchev–Trinajstić information content (AvgIpc) is 3.07. The van der Waals surface area contributed by atoms with Crippen molar-refractivity contribution < 1.29 is 14.2 Å². The Morgan fingerprint density at radius 3 is 2.52 bits per heavy atom. The molecule has 0 atom stereocenters. The van der Waals surface area contributed by atoms with E-state index >= 15 is 0 Å². The number of methoxy groups -OCH3 is 2. The van der Waals surface area contributed by atoms with E-state index < -0.39 is 0 Å². The van der Waals surface area contributed by atoms with Gasteiger partial charge >= 0.3 is 0 Å². The molecule has 0 bridgehead atoms. The zero-order valence-corrected chi connectivity index (χ0v) is 16.1. The third-order valence-electron chi connectivity index (χ3n) is 3.80. The second kappa shape index (κ2) is 8.50. The van der Waals surface area contributed by atoms with Crippen LogP contribution >= 0.6 is 12.2 Å². The second-order valence-electron chi connectivity index (χ2n) is 5.48. The zero-order valence-electron chi connectivity index (χ0n) is 15.3. The van der Waals surface area contributed by atoms with Crippen molar-refractivity contribution >= 4 is 18.4 Å². The predicted molar refractivity (Wildman–Crippen MR) is 107 cm³/mol. The molecule has 1 heterocycles. The number of ether oxygens (including phenoxy) is 3. The Kier molecular flexibility index (Phi) is 5.87. The van der Waals surface area contributed by atoms with Crippen LogP contribution in [0.5, 0.6) is 17.2 Å². The second-order valence-corrected chi connectivity index (χ2v) is 5.87. The summed E-state index contributed by atoms with van der Waals surface area (Å²) in [6.45, 7) is 2.57. The summed E-state index contributed by atoms with van der Waals surface area (Å²) in [5.41, 5.74) is 1.71. The summed E-state index contributed by atoms with van der Waals surface area (Å²) >= 11 is 5.31. The van der Waals surface area contributed by atoms with E-state index in [1.807, 2.05) is 49.4 Å². The van der Waals surface area contributed by atoms with Crippen molar-refractivity contribution in [2.45, 2.75) is 6.92 Å². The van der Waals surface area contributed by atoms with Gasteiger partial charge in [-0.3, -0.25) is 0 Å². The predicted octanol–water partition coefficient (Wildman–Crippen LogP) is 3.91. The molecule has 0 aliphatic heterocycles. The van der Waals surface area contributed by atoms with Gasteiger partial charge < -0.3 is 14.2 Å². The third kappa shape index (κ3) is 4.17. The smallest absolute Gasteiger partial charge is 0.216 e. The largest absolute Gasteiger partial charge is 0.494 e. The summed E-state index contributed by atoms with van der Waals surface area (Å²) in [5, 5.41) is 11.5. The maximum Gasteiger partial charge on any atom is 0.216 e. The summed E-state index contributed by atoms with van der Waals surface area (Å²) in [6.07, 6.45) is 1.69. The summed E-state index contributed by atoms with van der Waals surface area (Å²) in [4.78, 5) is 0. The minimum Gasteiger partial charge on any atom is -0.494 e. The number of hydrogen-bond donors (Lipinski definition) is 1. The highest BCUT2D eigenvalue weighted by atomic mass is 32.1. The average molecular weight is 384 g/mol. The molecule has 0 spiro atoms. The molecule has 0 aliphatic carbocycles. The van der Waals surface area contributed by atoms with Crippen LogP contribution in [0.3, 0.4) is 0 Å². The van der Waals surface area contributed by atoms with Crippen LogP contribution in [0.25, 0.3) is 11.4 Å². The molecule has 0 unspecified atom stereocenters. The molecule has 0 saturated carbocycles. The van der Waals surface area contributed by atoms with Gasteiger partial charge in [0.15, 0.2) is 17.3 Å². The highest BCUT2D eigenvalue weighted by molar-refractivity contribution is 7.71. The number of nitrogens with one attached hydrogen (secondary N) is 1. The summed E-state index contributed by atoms with van der Waals surface area (Å²) in [6, 6.07) is 13.1. The van der Waals surface area contributed by atoms with E-state index in [1.54, 1.807) is 25.1 Å². The molecule has 7 nitrogen and oxygen atoms in total. The third-order valence-corrected chi connectivity index (χ3v) is 4.07. The first-order valence-corrected chi connectivity index (χ1v) is 8.74. The highest BCUT2D eigenvalue weighted by Crippen LogP contribution is 2.27. The number of H-pyrrole nitrogens is 1. The first-order chi connectivity index (χ1) is 13.2. The van der Waals surface area contributed by atoms with E-state index in [2.05, 4.69) is 15.3 Å². The van der Waals surface area contributed by atoms with Crippen LogP contribution in [0.15, 0.2) is 47.6 Å². The van der Waals surface area contributed by atoms with Crippen molar-refractivity contribution in [2.24, 2.45) is 5.10 Å². The molecule has 1 N–H and O–H groups in total. The van der Waals surface area contributed by atoms with Crippen molar-refractivity contribution in [1.29, 1.82) is 0 Å². The minimum atomic E-state index is 0.399. The van der Waals surface area contributed by atoms with Crippen LogP contribution in [0.4, 0.5) is 0 Å². The van der Waals surface area contributed by atoms with E-state index in [1.165, 1.54) is 0 Å². The minimum absolute atomic E-state index is 0.399. The molecule has 0 aliphatic rings. The summed E-state index contributed by atoms with van der Waals surface area (Å²) < 4.78 is 18.0. The zero-order chi connectivity index (χ0) is 19.2. The lowest BCUT2D eigenvalue weighted by Crippen LogP contribution is -1.96. The lowest BCUT2D eigenvalue weighted by molar-refractivity contribution is 0.340. The molecule has 2 aromatic carbocycles. The Morgan fingerprint density at radius 1 is 1.11 bits per heavy atom. The first kappa shape index (κ1) is 18.7. The van der Waals surface area contributed by atoms with Crippen LogP contribution in [-0.4, -0.2) is 41.9 Å². The number of benzene rings is 2. The molecule has 8 heteroatoms. The molecule has 3 rings (SSSR count). The lowest BCUT2D eigenvalue weighted by Gasteiger charge is -2.07. The van der Waals surface area contributed by atoms with Crippen LogP contribution in [-0.2, 0) is 0 Å². The van der Waals surface area contributed by atoms with E-state index in [4.69, 9.17) is 26.4 Å². The molecule has 0 fully saturated rings. The van der Waals surface area contributed by atoms with Crippen molar-refractivity contribution in [3.05, 3.63) is 52.8 Å². The molecular formula is C19H20N4O3S. The monoisotopic (exact) mass is 384 g/mol. The Bertz CT molecular complexity index is 993. The van der Waals surface area contributed by atoms with Gasteiger partial charge in [-0.1, -0.05) is 0 Å². The van der Waals surface area contributed by atoms with Crippen LogP contribution in [0, 0.1) is 4.77 Å². The molecular weight excluding hydrogens is 364 g/mol. The Morgan fingerprint density at radius 2 is 1.85 bits per heavy atom. The van der Waals surface area contributed by atoms with Gasteiger partial charge in [0.05, 0.1) is 27.0 Å². The summed E-state index contributed by atoms with van der Waals surface area (Å²) in [7, 11) is 3.19. The van der Waals surface area contributed by atoms with Crippen molar-refractivity contribution in [3.8, 4) is 28.6 Å². The SMILES string of the molecule is CCOc1ccc(-c2n[nH]c(=S)n2/N=C\c2ccc(OC)c(OC)c2)cc1. The van der Waals surface area contributed by atoms with Crippen molar-refractivity contribution in [2.75, 3.05) is 20.8 Å². The highest BCUT2D eigenvalue weighted by Gasteiger charge is 2.09. The molecule has 0 radical (unpaired) electrons. The fourth-order valence-corrected chi connectivity index (χ4v) is 2.69. The van der Waals surface area contributed by atoms with Gasteiger partial charge in [0, 0.05) is 5.56 Å². The van der Waals surface area contributed by atoms with Gasteiger partial charge in [0.25, 0.3) is 0 Å². The molecule has 1 aromatic heterocycles. The number of nitrogens with zero attached hydrogens (tertiary/aromatic N) is 3. The van der Waals surface area contributed by atoms with Gasteiger partial charge in [-0.05, 0) is 67.2 Å². The van der Waals surface area contributed by atoms with Gasteiger partial charge in [-0.15, -0.1) is 0 Å². The van der Waals surface area contributed by atoms with Crippen molar-refractivity contribution in [1.82, 2.24) is 14.9 Å². The Labute approximate surface area is 162 Å². The van der Waals surface area contributed by atoms with E-state index in [9.17, 15) is 0 Å². The van der Waals surface area contributed by atoms with Gasteiger partial charge in [0.1, 0.15) is 5.75 Å². The number of aromatic amines is 1. The first-order valence-electron chi connectivity index (χ1n) is 8.33. The number of rotatable bonds is 7. The quantitative estimate of drug-likeness (QED) is 0.494. The summed E-state index contributed by atoms with van der Waals surface area (Å²) in [5.74, 6) is 2.70. The van der Waals surface area contributed by atoms with Gasteiger partial charge in [-0.2, -0.15) is 14.9 Å². The molecule has 0 saturated heterocycles. The fourth-order valence-electron chi connectivity index (χ4n) is 2.51. The van der Waals surface area contributed by atoms with Crippen molar-refractivity contribution in [3.63, 3.8) is 0 Å². The topological polar surface area (TPSA) is 73.7 Å². The van der Waals surface area contributed by atoms with Gasteiger partial charge in [-0.25, -0.2) is 5.10 Å². The standard InChI is InChI=1S/C19H20N4O3S/c1-4-26-15-8-6-14(7-9-15)18-21-22-19(27)23(18)20-12-13-5-10-16(24-2)17(11-13)25-3/h5-12H,4H2,1-3H3,(H,22,27)/b20-12-. The maximum atomic E-state index is 5.47. The van der Waals surface area contributed by atoms with Gasteiger partial charge in [0.2, 0.25) is 4.77 Å². The van der Waals surface area contributed by atoms with E-state index in [-0.39, 0.29) is 0 Å².